The van der Waals surface area contributed by atoms with E-state index in [1.54, 1.807) is 12.1 Å². The summed E-state index contributed by atoms with van der Waals surface area (Å²) in [6.45, 7) is 3.96. The van der Waals surface area contributed by atoms with Crippen molar-refractivity contribution in [1.29, 1.82) is 0 Å². The Hall–Kier alpha value is -1.62. The quantitative estimate of drug-likeness (QED) is 0.623. The van der Waals surface area contributed by atoms with Crippen molar-refractivity contribution in [2.24, 2.45) is 5.41 Å². The average Bonchev–Trinajstić information content (AvgIpc) is 2.29. The van der Waals surface area contributed by atoms with Crippen molar-refractivity contribution in [3.8, 4) is 0 Å². The van der Waals surface area contributed by atoms with Crippen LogP contribution in [0, 0.1) is 15.5 Å². The summed E-state index contributed by atoms with van der Waals surface area (Å²) in [6, 6.07) is 6.59. The van der Waals surface area contributed by atoms with Gasteiger partial charge in [0.1, 0.15) is 0 Å². The van der Waals surface area contributed by atoms with Gasteiger partial charge in [0.15, 0.2) is 0 Å². The maximum atomic E-state index is 10.6. The predicted molar refractivity (Wildman–Crippen MR) is 64.9 cm³/mol. The van der Waals surface area contributed by atoms with Crippen LogP contribution in [0.5, 0.6) is 0 Å². The fraction of sp³-hybridized carbons (Fsp3) is 0.500. The number of nitrogens with zero attached hydrogens (tertiary/aromatic N) is 1. The van der Waals surface area contributed by atoms with Gasteiger partial charge in [-0.3, -0.25) is 10.1 Å². The second-order valence-corrected chi connectivity index (χ2v) is 5.08. The lowest BCUT2D eigenvalue weighted by molar-refractivity contribution is -0.384. The van der Waals surface area contributed by atoms with E-state index in [2.05, 4.69) is 5.32 Å². The first kappa shape index (κ1) is 11.9. The average molecular weight is 236 g/mol. The van der Waals surface area contributed by atoms with Crippen molar-refractivity contribution in [2.75, 3.05) is 5.32 Å². The van der Waals surface area contributed by atoms with Gasteiger partial charge in [0.2, 0.25) is 0 Å². The molecule has 0 spiro atoms. The zero-order valence-electron chi connectivity index (χ0n) is 9.88. The number of benzene rings is 1. The summed E-state index contributed by atoms with van der Waals surface area (Å²) >= 11 is 0. The van der Waals surface area contributed by atoms with Gasteiger partial charge < -0.3 is 10.4 Å². The molecule has 2 rings (SSSR count). The topological polar surface area (TPSA) is 75.4 Å². The minimum absolute atomic E-state index is 0.0766. The first-order valence-electron chi connectivity index (χ1n) is 5.60. The summed E-state index contributed by atoms with van der Waals surface area (Å²) in [5, 5.41) is 23.5. The molecule has 0 aromatic heterocycles. The lowest BCUT2D eigenvalue weighted by Gasteiger charge is -2.49. The predicted octanol–water partition coefficient (Wildman–Crippen LogP) is 2.17. The van der Waals surface area contributed by atoms with E-state index >= 15 is 0 Å². The summed E-state index contributed by atoms with van der Waals surface area (Å²) in [6.07, 6.45) is 0.370. The zero-order valence-corrected chi connectivity index (χ0v) is 9.88. The third-order valence-electron chi connectivity index (χ3n) is 3.61. The van der Waals surface area contributed by atoms with Crippen molar-refractivity contribution in [1.82, 2.24) is 0 Å². The van der Waals surface area contributed by atoms with Gasteiger partial charge in [0.25, 0.3) is 5.69 Å². The van der Waals surface area contributed by atoms with Crippen LogP contribution in [-0.2, 0) is 0 Å². The molecule has 2 unspecified atom stereocenters. The molecule has 0 amide bonds. The summed E-state index contributed by atoms with van der Waals surface area (Å²) in [5.74, 6) is 0. The lowest BCUT2D eigenvalue weighted by Crippen LogP contribution is -2.56. The molecule has 0 radical (unpaired) electrons. The number of hydrogen-bond acceptors (Lipinski definition) is 4. The van der Waals surface area contributed by atoms with Crippen LogP contribution in [0.15, 0.2) is 24.3 Å². The number of hydrogen-bond donors (Lipinski definition) is 2. The Kier molecular flexibility index (Phi) is 2.79. The fourth-order valence-corrected chi connectivity index (χ4v) is 2.06. The minimum Gasteiger partial charge on any atom is -0.392 e. The van der Waals surface area contributed by atoms with Gasteiger partial charge >= 0.3 is 0 Å². The summed E-state index contributed by atoms with van der Waals surface area (Å²) in [7, 11) is 0. The minimum atomic E-state index is -0.411. The van der Waals surface area contributed by atoms with Crippen LogP contribution >= 0.6 is 0 Å². The highest BCUT2D eigenvalue weighted by Gasteiger charge is 2.47. The lowest BCUT2D eigenvalue weighted by atomic mass is 9.64. The molecule has 1 aliphatic carbocycles. The van der Waals surface area contributed by atoms with Crippen LogP contribution in [0.4, 0.5) is 11.4 Å². The molecule has 92 valence electrons. The van der Waals surface area contributed by atoms with Gasteiger partial charge in [-0.15, -0.1) is 0 Å². The van der Waals surface area contributed by atoms with Gasteiger partial charge in [-0.1, -0.05) is 19.9 Å². The van der Waals surface area contributed by atoms with Crippen LogP contribution in [0.3, 0.4) is 0 Å². The first-order chi connectivity index (χ1) is 7.91. The highest BCUT2D eigenvalue weighted by molar-refractivity contribution is 5.52. The largest absolute Gasteiger partial charge is 0.392 e. The maximum Gasteiger partial charge on any atom is 0.271 e. The molecule has 1 fully saturated rings. The van der Waals surface area contributed by atoms with E-state index in [-0.39, 0.29) is 23.2 Å². The van der Waals surface area contributed by atoms with E-state index in [9.17, 15) is 15.2 Å². The number of nitro groups is 1. The molecule has 5 nitrogen and oxygen atoms in total. The standard InChI is InChI=1S/C12H16N2O3/c1-12(2)10(7-11(12)15)13-8-4-3-5-9(6-8)14(16)17/h3-6,10-11,13,15H,7H2,1-2H3. The van der Waals surface area contributed by atoms with Crippen LogP contribution in [-0.4, -0.2) is 22.2 Å². The van der Waals surface area contributed by atoms with Gasteiger partial charge in [-0.2, -0.15) is 0 Å². The smallest absolute Gasteiger partial charge is 0.271 e. The van der Waals surface area contributed by atoms with Crippen molar-refractivity contribution >= 4 is 11.4 Å². The highest BCUT2D eigenvalue weighted by atomic mass is 16.6. The van der Waals surface area contributed by atoms with Crippen molar-refractivity contribution in [3.63, 3.8) is 0 Å². The zero-order chi connectivity index (χ0) is 12.6. The van der Waals surface area contributed by atoms with Gasteiger partial charge in [-0.05, 0) is 12.5 Å². The van der Waals surface area contributed by atoms with E-state index in [4.69, 9.17) is 0 Å². The van der Waals surface area contributed by atoms with Gasteiger partial charge in [0.05, 0.1) is 11.0 Å². The Labute approximate surface area is 99.6 Å². The van der Waals surface area contributed by atoms with E-state index in [0.717, 1.165) is 5.69 Å². The molecule has 1 saturated carbocycles. The molecule has 0 bridgehead atoms. The molecule has 5 heteroatoms. The Balaban J connectivity index is 2.10. The molecule has 1 aliphatic rings. The monoisotopic (exact) mass is 236 g/mol. The molecule has 0 heterocycles. The van der Waals surface area contributed by atoms with Crippen molar-refractivity contribution in [3.05, 3.63) is 34.4 Å². The number of non-ortho nitro benzene ring substituents is 1. The maximum absolute atomic E-state index is 10.6. The molecule has 0 aliphatic heterocycles. The van der Waals surface area contributed by atoms with Crippen LogP contribution in [0.25, 0.3) is 0 Å². The third-order valence-corrected chi connectivity index (χ3v) is 3.61. The van der Waals surface area contributed by atoms with Crippen LogP contribution < -0.4 is 5.32 Å². The number of rotatable bonds is 3. The molecule has 17 heavy (non-hydrogen) atoms. The molecular weight excluding hydrogens is 220 g/mol. The molecule has 2 N–H and O–H groups in total. The number of aliphatic hydroxyl groups excluding tert-OH is 1. The Morgan fingerprint density at radius 2 is 2.24 bits per heavy atom. The van der Waals surface area contributed by atoms with E-state index < -0.39 is 4.92 Å². The van der Waals surface area contributed by atoms with E-state index in [1.165, 1.54) is 12.1 Å². The Morgan fingerprint density at radius 3 is 2.76 bits per heavy atom. The molecule has 1 aromatic carbocycles. The van der Waals surface area contributed by atoms with Gasteiger partial charge in [-0.25, -0.2) is 0 Å². The highest BCUT2D eigenvalue weighted by Crippen LogP contribution is 2.42. The van der Waals surface area contributed by atoms with E-state index in [1.807, 2.05) is 13.8 Å². The van der Waals surface area contributed by atoms with Crippen LogP contribution in [0.2, 0.25) is 0 Å². The Bertz CT molecular complexity index is 445. The van der Waals surface area contributed by atoms with Crippen molar-refractivity contribution in [2.45, 2.75) is 32.4 Å². The fourth-order valence-electron chi connectivity index (χ4n) is 2.06. The van der Waals surface area contributed by atoms with Crippen molar-refractivity contribution < 1.29 is 10.0 Å². The summed E-state index contributed by atoms with van der Waals surface area (Å²) in [5.41, 5.74) is 0.613. The SMILES string of the molecule is CC1(C)C(O)CC1Nc1cccc([N+](=O)[O-])c1. The second-order valence-electron chi connectivity index (χ2n) is 5.08. The summed E-state index contributed by atoms with van der Waals surface area (Å²) in [4.78, 5) is 10.2. The third kappa shape index (κ3) is 2.10. The molecular formula is C12H16N2O3. The molecule has 0 saturated heterocycles. The van der Waals surface area contributed by atoms with Gasteiger partial charge in [0, 0.05) is 29.3 Å². The number of nitro benzene ring substituents is 1. The van der Waals surface area contributed by atoms with E-state index in [0.29, 0.717) is 6.42 Å². The Morgan fingerprint density at radius 1 is 1.53 bits per heavy atom. The first-order valence-corrected chi connectivity index (χ1v) is 5.60. The molecule has 2 atom stereocenters. The number of nitrogens with one attached hydrogen (secondary N) is 1. The normalized spacial score (nSPS) is 26.1. The number of aliphatic hydroxyl groups is 1. The summed E-state index contributed by atoms with van der Waals surface area (Å²) < 4.78 is 0. The molecule has 1 aromatic rings. The van der Waals surface area contributed by atoms with Crippen LogP contribution in [0.1, 0.15) is 20.3 Å². The second kappa shape index (κ2) is 4.00. The number of anilines is 1.